The summed E-state index contributed by atoms with van der Waals surface area (Å²) in [5.41, 5.74) is 5.32. The van der Waals surface area contributed by atoms with Gasteiger partial charge in [0.1, 0.15) is 12.4 Å². The van der Waals surface area contributed by atoms with Crippen LogP contribution in [-0.2, 0) is 6.61 Å². The minimum absolute atomic E-state index is 0.0528. The van der Waals surface area contributed by atoms with Gasteiger partial charge < -0.3 is 14.2 Å². The number of ether oxygens (including phenoxy) is 3. The van der Waals surface area contributed by atoms with Gasteiger partial charge in [0.25, 0.3) is 5.92 Å². The van der Waals surface area contributed by atoms with Crippen LogP contribution in [0.15, 0.2) is 47.1 Å². The third kappa shape index (κ3) is 6.31. The van der Waals surface area contributed by atoms with E-state index in [2.05, 4.69) is 45.0 Å². The zero-order valence-electron chi connectivity index (χ0n) is 20.7. The Labute approximate surface area is 218 Å². The fourth-order valence-corrected chi connectivity index (χ4v) is 4.71. The van der Waals surface area contributed by atoms with Crippen molar-refractivity contribution in [3.05, 3.63) is 63.8 Å². The Bertz CT molecular complexity index is 1210. The number of nitrogens with zero attached hydrogens (tertiary/aromatic N) is 3. The molecule has 36 heavy (non-hydrogen) atoms. The lowest BCUT2D eigenvalue weighted by atomic mass is 9.93. The largest absolute Gasteiger partial charge is 0.493 e. The maximum Gasteiger partial charge on any atom is 0.320 e. The molecule has 0 saturated carbocycles. The summed E-state index contributed by atoms with van der Waals surface area (Å²) in [5, 5.41) is 0. The van der Waals surface area contributed by atoms with E-state index in [1.54, 1.807) is 18.2 Å². The molecule has 1 aliphatic heterocycles. The molecule has 6 nitrogen and oxygen atoms in total. The highest BCUT2D eigenvalue weighted by molar-refractivity contribution is 9.10. The molecule has 0 radical (unpaired) electrons. The van der Waals surface area contributed by atoms with Crippen LogP contribution in [0.4, 0.5) is 8.78 Å². The molecule has 2 aromatic carbocycles. The van der Waals surface area contributed by atoms with Gasteiger partial charge in [0.2, 0.25) is 5.88 Å². The monoisotopic (exact) mass is 561 g/mol. The Hall–Kier alpha value is -2.78. The molecule has 1 saturated heterocycles. The minimum Gasteiger partial charge on any atom is -0.493 e. The average Bonchev–Trinajstić information content (AvgIpc) is 3.21. The molecule has 4 rings (SSSR count). The zero-order valence-corrected chi connectivity index (χ0v) is 22.3. The van der Waals surface area contributed by atoms with Crippen LogP contribution in [0.5, 0.6) is 17.6 Å². The van der Waals surface area contributed by atoms with Gasteiger partial charge >= 0.3 is 6.01 Å². The van der Waals surface area contributed by atoms with Gasteiger partial charge in [-0.15, -0.1) is 0 Å². The average molecular weight is 562 g/mol. The summed E-state index contributed by atoms with van der Waals surface area (Å²) in [5.74, 6) is -1.34. The highest BCUT2D eigenvalue weighted by Crippen LogP contribution is 2.34. The predicted octanol–water partition coefficient (Wildman–Crippen LogP) is 6.22. The number of rotatable bonds is 10. The number of hydrogen-bond acceptors (Lipinski definition) is 6. The lowest BCUT2D eigenvalue weighted by Gasteiger charge is -2.18. The summed E-state index contributed by atoms with van der Waals surface area (Å²) < 4.78 is 44.5. The van der Waals surface area contributed by atoms with Crippen molar-refractivity contribution in [1.29, 1.82) is 0 Å². The van der Waals surface area contributed by atoms with Crippen molar-refractivity contribution in [2.24, 2.45) is 0 Å². The first-order valence-electron chi connectivity index (χ1n) is 11.9. The van der Waals surface area contributed by atoms with E-state index in [4.69, 9.17) is 14.2 Å². The Kier molecular flexibility index (Phi) is 8.41. The van der Waals surface area contributed by atoms with Crippen molar-refractivity contribution < 1.29 is 23.0 Å². The Morgan fingerprint density at radius 3 is 2.53 bits per heavy atom. The molecule has 0 aliphatic carbocycles. The van der Waals surface area contributed by atoms with E-state index in [-0.39, 0.29) is 19.0 Å². The van der Waals surface area contributed by atoms with Crippen molar-refractivity contribution in [3.8, 4) is 28.8 Å². The van der Waals surface area contributed by atoms with E-state index >= 15 is 0 Å². The van der Waals surface area contributed by atoms with Crippen molar-refractivity contribution >= 4 is 15.9 Å². The smallest absolute Gasteiger partial charge is 0.320 e. The van der Waals surface area contributed by atoms with Gasteiger partial charge in [-0.3, -0.25) is 4.90 Å². The van der Waals surface area contributed by atoms with Gasteiger partial charge in [-0.2, -0.15) is 4.98 Å². The quantitative estimate of drug-likeness (QED) is 0.274. The zero-order chi connectivity index (χ0) is 25.7. The Morgan fingerprint density at radius 1 is 1.06 bits per heavy atom. The molecule has 0 spiro atoms. The normalized spacial score (nSPS) is 15.2. The van der Waals surface area contributed by atoms with E-state index in [9.17, 15) is 8.78 Å². The molecule has 1 aliphatic rings. The van der Waals surface area contributed by atoms with Gasteiger partial charge in [0.05, 0.1) is 30.9 Å². The summed E-state index contributed by atoms with van der Waals surface area (Å²) in [4.78, 5) is 10.2. The van der Waals surface area contributed by atoms with Crippen LogP contribution in [0.3, 0.4) is 0 Å². The number of hydrogen-bond donors (Lipinski definition) is 0. The van der Waals surface area contributed by atoms with Crippen LogP contribution in [-0.4, -0.2) is 54.1 Å². The van der Waals surface area contributed by atoms with E-state index in [0.29, 0.717) is 43.1 Å². The fraction of sp³-hybridized carbons (Fsp3) is 0.407. The summed E-state index contributed by atoms with van der Waals surface area (Å²) in [7, 11) is 1.54. The number of halogens is 3. The van der Waals surface area contributed by atoms with Crippen LogP contribution in [0, 0.1) is 13.8 Å². The summed E-state index contributed by atoms with van der Waals surface area (Å²) >= 11 is 3.34. The molecular weight excluding hydrogens is 532 g/mol. The van der Waals surface area contributed by atoms with E-state index in [0.717, 1.165) is 33.6 Å². The maximum atomic E-state index is 13.4. The molecule has 1 fully saturated rings. The molecule has 9 heteroatoms. The minimum atomic E-state index is -2.55. The molecule has 0 unspecified atom stereocenters. The second kappa shape index (κ2) is 11.5. The van der Waals surface area contributed by atoms with E-state index in [1.165, 1.54) is 0 Å². The summed E-state index contributed by atoms with van der Waals surface area (Å²) in [6, 6.07) is 12.3. The lowest BCUT2D eigenvalue weighted by molar-refractivity contribution is 0.0118. The van der Waals surface area contributed by atoms with Crippen molar-refractivity contribution in [3.63, 3.8) is 0 Å². The van der Waals surface area contributed by atoms with Gasteiger partial charge in [-0.25, -0.2) is 13.8 Å². The Morgan fingerprint density at radius 2 is 1.81 bits per heavy atom. The summed E-state index contributed by atoms with van der Waals surface area (Å²) in [6.07, 6.45) is 2.25. The first-order chi connectivity index (χ1) is 17.3. The van der Waals surface area contributed by atoms with Crippen molar-refractivity contribution in [2.45, 2.75) is 39.2 Å². The Balaban J connectivity index is 1.41. The molecular formula is C27H30BrF2N3O3. The predicted molar refractivity (Wildman–Crippen MR) is 138 cm³/mol. The number of likely N-dealkylation sites (tertiary alicyclic amines) is 1. The molecule has 0 bridgehead atoms. The number of benzene rings is 2. The lowest BCUT2D eigenvalue weighted by Crippen LogP contribution is -2.27. The van der Waals surface area contributed by atoms with Crippen LogP contribution in [0.25, 0.3) is 11.1 Å². The van der Waals surface area contributed by atoms with E-state index in [1.807, 2.05) is 31.2 Å². The molecule has 2 heterocycles. The standard InChI is InChI=1S/C27H30BrF2N3O3/c1-18-20(16-36-26-31-15-23(28)25(32-26)34-3)7-4-8-21(18)22-9-5-10-24(19(22)2)35-14-6-12-33-13-11-27(29,30)17-33/h4-5,7-10,15H,6,11-14,16-17H2,1-3H3. The van der Waals surface area contributed by atoms with Gasteiger partial charge in [-0.05, 0) is 70.1 Å². The number of alkyl halides is 2. The third-order valence-electron chi connectivity index (χ3n) is 6.39. The highest BCUT2D eigenvalue weighted by atomic mass is 79.9. The van der Waals surface area contributed by atoms with Crippen LogP contribution >= 0.6 is 15.9 Å². The van der Waals surface area contributed by atoms with Crippen molar-refractivity contribution in [2.75, 3.05) is 33.4 Å². The van der Waals surface area contributed by atoms with Crippen LogP contribution in [0.1, 0.15) is 29.5 Å². The number of methoxy groups -OCH3 is 1. The second-order valence-corrected chi connectivity index (χ2v) is 9.76. The molecule has 0 N–H and O–H groups in total. The third-order valence-corrected chi connectivity index (χ3v) is 6.93. The molecule has 1 aromatic heterocycles. The summed E-state index contributed by atoms with van der Waals surface area (Å²) in [6.45, 7) is 5.81. The van der Waals surface area contributed by atoms with Crippen LogP contribution in [0.2, 0.25) is 0 Å². The first-order valence-corrected chi connectivity index (χ1v) is 12.7. The molecule has 192 valence electrons. The van der Waals surface area contributed by atoms with E-state index < -0.39 is 5.92 Å². The molecule has 0 amide bonds. The topological polar surface area (TPSA) is 56.7 Å². The highest BCUT2D eigenvalue weighted by Gasteiger charge is 2.37. The van der Waals surface area contributed by atoms with Crippen LogP contribution < -0.4 is 14.2 Å². The number of aromatic nitrogens is 2. The molecule has 3 aromatic rings. The molecule has 0 atom stereocenters. The first kappa shape index (κ1) is 26.3. The second-order valence-electron chi connectivity index (χ2n) is 8.90. The van der Waals surface area contributed by atoms with Crippen molar-refractivity contribution in [1.82, 2.24) is 14.9 Å². The van der Waals surface area contributed by atoms with Gasteiger partial charge in [-0.1, -0.05) is 30.3 Å². The maximum absolute atomic E-state index is 13.4. The van der Waals surface area contributed by atoms with Gasteiger partial charge in [0, 0.05) is 19.5 Å². The van der Waals surface area contributed by atoms with Gasteiger partial charge in [0.15, 0.2) is 0 Å². The SMILES string of the molecule is COc1nc(OCc2cccc(-c3cccc(OCCCN4CCC(F)(F)C4)c3C)c2C)ncc1Br. The fourth-order valence-electron chi connectivity index (χ4n) is 4.35.